The molecule has 0 atom stereocenters. The Morgan fingerprint density at radius 2 is 1.78 bits per heavy atom. The van der Waals surface area contributed by atoms with Crippen LogP contribution in [0.2, 0.25) is 0 Å². The molecule has 8 nitrogen and oxygen atoms in total. The van der Waals surface area contributed by atoms with Gasteiger partial charge in [-0.3, -0.25) is 9.78 Å². The average molecular weight is 417 g/mol. The topological polar surface area (TPSA) is 109 Å². The van der Waals surface area contributed by atoms with Crippen molar-refractivity contribution in [3.05, 3.63) is 96.2 Å². The van der Waals surface area contributed by atoms with Gasteiger partial charge in [0, 0.05) is 23.0 Å². The summed E-state index contributed by atoms with van der Waals surface area (Å²) in [6.45, 7) is 0. The molecule has 0 fully saturated rings. The molecule has 0 aliphatic carbocycles. The van der Waals surface area contributed by atoms with Gasteiger partial charge in [-0.15, -0.1) is 10.2 Å². The number of nitrogens with zero attached hydrogens (tertiary/aromatic N) is 6. The summed E-state index contributed by atoms with van der Waals surface area (Å²) in [5, 5.41) is 24.9. The summed E-state index contributed by atoms with van der Waals surface area (Å²) >= 11 is 0. The van der Waals surface area contributed by atoms with Crippen LogP contribution >= 0.6 is 0 Å². The van der Waals surface area contributed by atoms with Crippen molar-refractivity contribution in [2.75, 3.05) is 5.32 Å². The van der Waals surface area contributed by atoms with Gasteiger partial charge in [0.15, 0.2) is 5.65 Å². The average Bonchev–Trinajstić information content (AvgIpc) is 3.28. The molecule has 2 aromatic carbocycles. The maximum atomic E-state index is 12.5. The molecule has 32 heavy (non-hydrogen) atoms. The molecule has 152 valence electrons. The molecule has 5 rings (SSSR count). The monoisotopic (exact) mass is 417 g/mol. The molecule has 0 bridgehead atoms. The van der Waals surface area contributed by atoms with Crippen LogP contribution in [0.15, 0.2) is 85.1 Å². The second-order valence-electron chi connectivity index (χ2n) is 6.95. The Labute approximate surface area is 182 Å². The van der Waals surface area contributed by atoms with Crippen LogP contribution in [0, 0.1) is 11.3 Å². The van der Waals surface area contributed by atoms with Crippen molar-refractivity contribution < 1.29 is 4.79 Å². The van der Waals surface area contributed by atoms with Gasteiger partial charge in [-0.25, -0.2) is 0 Å². The Hall–Kier alpha value is -4.90. The van der Waals surface area contributed by atoms with Gasteiger partial charge >= 0.3 is 0 Å². The summed E-state index contributed by atoms with van der Waals surface area (Å²) in [5.74, 6) is 0.282. The van der Waals surface area contributed by atoms with Crippen molar-refractivity contribution in [3.8, 4) is 28.8 Å². The number of nitrogens with one attached hydrogen (secondary N) is 1. The van der Waals surface area contributed by atoms with Gasteiger partial charge < -0.3 is 5.32 Å². The summed E-state index contributed by atoms with van der Waals surface area (Å²) in [6.07, 6.45) is 1.70. The molecule has 5 aromatic rings. The van der Waals surface area contributed by atoms with Crippen molar-refractivity contribution in [1.29, 1.82) is 5.26 Å². The lowest BCUT2D eigenvalue weighted by Gasteiger charge is -2.07. The van der Waals surface area contributed by atoms with E-state index in [2.05, 4.69) is 25.6 Å². The van der Waals surface area contributed by atoms with Crippen LogP contribution in [0.25, 0.3) is 28.4 Å². The first-order valence-electron chi connectivity index (χ1n) is 9.77. The molecule has 0 aliphatic heterocycles. The van der Waals surface area contributed by atoms with Crippen LogP contribution in [0.3, 0.4) is 0 Å². The highest BCUT2D eigenvalue weighted by molar-refractivity contribution is 6.04. The lowest BCUT2D eigenvalue weighted by molar-refractivity contribution is 0.102. The maximum Gasteiger partial charge on any atom is 0.255 e. The number of nitriles is 1. The highest BCUT2D eigenvalue weighted by atomic mass is 16.1. The second kappa shape index (κ2) is 8.08. The fourth-order valence-corrected chi connectivity index (χ4v) is 3.26. The van der Waals surface area contributed by atoms with Gasteiger partial charge in [0.05, 0.1) is 17.3 Å². The number of pyridine rings is 1. The molecule has 0 spiro atoms. The van der Waals surface area contributed by atoms with E-state index in [0.717, 1.165) is 11.3 Å². The SMILES string of the molecule is N#Cc1cccc(C(=O)Nc2ccc(-c3ccc4nnc(-c5ccccn5)n4n3)cc2)c1. The number of amides is 1. The number of aromatic nitrogens is 5. The third kappa shape index (κ3) is 3.66. The van der Waals surface area contributed by atoms with Crippen LogP contribution in [0.4, 0.5) is 5.69 Å². The minimum Gasteiger partial charge on any atom is -0.322 e. The third-order valence-corrected chi connectivity index (χ3v) is 4.85. The fourth-order valence-electron chi connectivity index (χ4n) is 3.26. The summed E-state index contributed by atoms with van der Waals surface area (Å²) in [7, 11) is 0. The van der Waals surface area contributed by atoms with Crippen LogP contribution < -0.4 is 5.32 Å². The summed E-state index contributed by atoms with van der Waals surface area (Å²) in [4.78, 5) is 16.8. The van der Waals surface area contributed by atoms with Crippen LogP contribution in [-0.2, 0) is 0 Å². The number of hydrogen-bond donors (Lipinski definition) is 1. The van der Waals surface area contributed by atoms with Gasteiger partial charge in [-0.05, 0) is 54.6 Å². The number of rotatable bonds is 4. The number of hydrogen-bond acceptors (Lipinski definition) is 6. The van der Waals surface area contributed by atoms with E-state index < -0.39 is 0 Å². The molecular formula is C24H15N7O. The van der Waals surface area contributed by atoms with Gasteiger partial charge in [0.25, 0.3) is 5.91 Å². The lowest BCUT2D eigenvalue weighted by atomic mass is 10.1. The molecular weight excluding hydrogens is 402 g/mol. The largest absolute Gasteiger partial charge is 0.322 e. The highest BCUT2D eigenvalue weighted by Crippen LogP contribution is 2.22. The molecule has 1 N–H and O–H groups in total. The van der Waals surface area contributed by atoms with Crippen molar-refractivity contribution in [1.82, 2.24) is 24.8 Å². The van der Waals surface area contributed by atoms with Crippen molar-refractivity contribution in [2.24, 2.45) is 0 Å². The molecule has 0 saturated carbocycles. The summed E-state index contributed by atoms with van der Waals surface area (Å²) < 4.78 is 1.66. The Morgan fingerprint density at radius 3 is 2.56 bits per heavy atom. The quantitative estimate of drug-likeness (QED) is 0.474. The number of fused-ring (bicyclic) bond motifs is 1. The number of carbonyl (C=O) groups is 1. The summed E-state index contributed by atoms with van der Waals surface area (Å²) in [5.41, 5.74) is 4.41. The lowest BCUT2D eigenvalue weighted by Crippen LogP contribution is -2.11. The van der Waals surface area contributed by atoms with E-state index in [-0.39, 0.29) is 5.91 Å². The fraction of sp³-hybridized carbons (Fsp3) is 0. The Kier molecular flexibility index (Phi) is 4.82. The molecule has 0 unspecified atom stereocenters. The number of carbonyl (C=O) groups excluding carboxylic acids is 1. The van der Waals surface area contributed by atoms with E-state index in [9.17, 15) is 4.79 Å². The zero-order chi connectivity index (χ0) is 21.9. The Morgan fingerprint density at radius 1 is 0.906 bits per heavy atom. The second-order valence-corrected chi connectivity index (χ2v) is 6.95. The molecule has 0 aliphatic rings. The van der Waals surface area contributed by atoms with Gasteiger partial charge in [-0.2, -0.15) is 14.9 Å². The van der Waals surface area contributed by atoms with Gasteiger partial charge in [0.1, 0.15) is 5.69 Å². The summed E-state index contributed by atoms with van der Waals surface area (Å²) in [6, 6.07) is 25.3. The molecule has 0 radical (unpaired) electrons. The number of anilines is 1. The molecule has 0 saturated heterocycles. The molecule has 8 heteroatoms. The minimum atomic E-state index is -0.279. The maximum absolute atomic E-state index is 12.5. The normalized spacial score (nSPS) is 10.6. The van der Waals surface area contributed by atoms with Crippen molar-refractivity contribution in [3.63, 3.8) is 0 Å². The van der Waals surface area contributed by atoms with Gasteiger partial charge in [-0.1, -0.05) is 24.3 Å². The first-order chi connectivity index (χ1) is 15.7. The number of benzene rings is 2. The van der Waals surface area contributed by atoms with Crippen molar-refractivity contribution in [2.45, 2.75) is 0 Å². The first kappa shape index (κ1) is 19.1. The van der Waals surface area contributed by atoms with E-state index >= 15 is 0 Å². The van der Waals surface area contributed by atoms with Crippen LogP contribution in [0.1, 0.15) is 15.9 Å². The highest BCUT2D eigenvalue weighted by Gasteiger charge is 2.12. The van der Waals surface area contributed by atoms with E-state index in [1.165, 1.54) is 0 Å². The first-order valence-corrected chi connectivity index (χ1v) is 9.77. The zero-order valence-electron chi connectivity index (χ0n) is 16.7. The van der Waals surface area contributed by atoms with Crippen LogP contribution in [-0.4, -0.2) is 30.7 Å². The van der Waals surface area contributed by atoms with Crippen molar-refractivity contribution >= 4 is 17.2 Å². The van der Waals surface area contributed by atoms with E-state index in [0.29, 0.717) is 34.0 Å². The standard InChI is InChI=1S/C24H15N7O/c25-15-16-4-3-5-18(14-16)24(32)27-19-9-7-17(8-10-19)20-11-12-22-28-29-23(31(22)30-20)21-6-1-2-13-26-21/h1-14H,(H,27,32). The third-order valence-electron chi connectivity index (χ3n) is 4.85. The van der Waals surface area contributed by atoms with Crippen LogP contribution in [0.5, 0.6) is 0 Å². The van der Waals surface area contributed by atoms with E-state index in [4.69, 9.17) is 5.26 Å². The Balaban J connectivity index is 1.40. The minimum absolute atomic E-state index is 0.279. The molecule has 3 heterocycles. The smallest absolute Gasteiger partial charge is 0.255 e. The zero-order valence-corrected chi connectivity index (χ0v) is 16.7. The van der Waals surface area contributed by atoms with Gasteiger partial charge in [0.2, 0.25) is 5.82 Å². The molecule has 3 aromatic heterocycles. The Bertz CT molecular complexity index is 1470. The molecule has 1 amide bonds. The predicted octanol–water partition coefficient (Wildman–Crippen LogP) is 3.98. The van der Waals surface area contributed by atoms with E-state index in [1.807, 2.05) is 48.5 Å². The predicted molar refractivity (Wildman–Crippen MR) is 119 cm³/mol. The van der Waals surface area contributed by atoms with E-state index in [1.54, 1.807) is 47.1 Å².